The van der Waals surface area contributed by atoms with Crippen LogP contribution in [0.5, 0.6) is 0 Å². The van der Waals surface area contributed by atoms with E-state index in [2.05, 4.69) is 4.98 Å². The van der Waals surface area contributed by atoms with Gasteiger partial charge in [-0.15, -0.1) is 0 Å². The van der Waals surface area contributed by atoms with Gasteiger partial charge in [-0.25, -0.2) is 13.8 Å². The first kappa shape index (κ1) is 17.5. The smallest absolute Gasteiger partial charge is 0.272 e. The zero-order valence-corrected chi connectivity index (χ0v) is 14.3. The van der Waals surface area contributed by atoms with Crippen molar-refractivity contribution in [1.29, 1.82) is 0 Å². The standard InChI is InChI=1S/C20H22F2N2O/c1-14-5-2-9-19(23-14)20(25)24-12-4-6-15(13-24)10-11-16-17(21)7-3-8-18(16)22/h2-3,5,7-9,15H,4,6,10-13H2,1H3/t15-/m1/s1. The minimum Gasteiger partial charge on any atom is -0.337 e. The van der Waals surface area contributed by atoms with Crippen molar-refractivity contribution >= 4 is 5.91 Å². The summed E-state index contributed by atoms with van der Waals surface area (Å²) in [5, 5.41) is 0. The van der Waals surface area contributed by atoms with Crippen LogP contribution in [0, 0.1) is 24.5 Å². The number of nitrogens with zero attached hydrogens (tertiary/aromatic N) is 2. The Morgan fingerprint density at radius 3 is 2.64 bits per heavy atom. The zero-order chi connectivity index (χ0) is 17.8. The Morgan fingerprint density at radius 2 is 1.92 bits per heavy atom. The van der Waals surface area contributed by atoms with Crippen molar-refractivity contribution in [2.24, 2.45) is 5.92 Å². The Labute approximate surface area is 146 Å². The normalized spacial score (nSPS) is 17.6. The number of pyridine rings is 1. The number of hydrogen-bond acceptors (Lipinski definition) is 2. The van der Waals surface area contributed by atoms with Crippen molar-refractivity contribution in [3.05, 3.63) is 65.0 Å². The molecule has 0 aliphatic carbocycles. The molecule has 1 aromatic heterocycles. The lowest BCUT2D eigenvalue weighted by molar-refractivity contribution is 0.0662. The average molecular weight is 344 g/mol. The van der Waals surface area contributed by atoms with Crippen molar-refractivity contribution in [3.8, 4) is 0 Å². The molecule has 0 unspecified atom stereocenters. The lowest BCUT2D eigenvalue weighted by atomic mass is 9.91. The van der Waals surface area contributed by atoms with Gasteiger partial charge in [-0.2, -0.15) is 0 Å². The first-order valence-corrected chi connectivity index (χ1v) is 8.70. The second-order valence-electron chi connectivity index (χ2n) is 6.66. The van der Waals surface area contributed by atoms with E-state index in [0.29, 0.717) is 31.6 Å². The molecule has 1 aliphatic heterocycles. The summed E-state index contributed by atoms with van der Waals surface area (Å²) in [6.07, 6.45) is 2.90. The predicted molar refractivity (Wildman–Crippen MR) is 92.3 cm³/mol. The van der Waals surface area contributed by atoms with E-state index in [0.717, 1.165) is 18.5 Å². The second-order valence-corrected chi connectivity index (χ2v) is 6.66. The summed E-state index contributed by atoms with van der Waals surface area (Å²) in [6.45, 7) is 3.18. The molecule has 25 heavy (non-hydrogen) atoms. The SMILES string of the molecule is Cc1cccc(C(=O)N2CCC[C@H](CCc3c(F)cccc3F)C2)n1. The minimum absolute atomic E-state index is 0.0644. The van der Waals surface area contributed by atoms with Crippen molar-refractivity contribution in [1.82, 2.24) is 9.88 Å². The average Bonchev–Trinajstić information content (AvgIpc) is 2.61. The summed E-state index contributed by atoms with van der Waals surface area (Å²) < 4.78 is 27.5. The molecular formula is C20H22F2N2O. The number of benzene rings is 1. The molecule has 1 aliphatic rings. The van der Waals surface area contributed by atoms with Crippen LogP contribution in [0.1, 0.15) is 41.0 Å². The van der Waals surface area contributed by atoms with E-state index in [9.17, 15) is 13.6 Å². The number of carbonyl (C=O) groups is 1. The van der Waals surface area contributed by atoms with Gasteiger partial charge in [0.2, 0.25) is 0 Å². The Morgan fingerprint density at radius 1 is 1.20 bits per heavy atom. The molecule has 0 N–H and O–H groups in total. The summed E-state index contributed by atoms with van der Waals surface area (Å²) in [5.41, 5.74) is 1.42. The molecule has 0 radical (unpaired) electrons. The van der Waals surface area contributed by atoms with Crippen LogP contribution < -0.4 is 0 Å². The fourth-order valence-electron chi connectivity index (χ4n) is 3.43. The molecule has 3 rings (SSSR count). The number of aryl methyl sites for hydroxylation is 1. The van der Waals surface area contributed by atoms with Gasteiger partial charge in [0.05, 0.1) is 0 Å². The Bertz CT molecular complexity index is 743. The van der Waals surface area contributed by atoms with Gasteiger partial charge in [-0.3, -0.25) is 4.79 Å². The van der Waals surface area contributed by atoms with E-state index in [4.69, 9.17) is 0 Å². The van der Waals surface area contributed by atoms with Gasteiger partial charge < -0.3 is 4.90 Å². The van der Waals surface area contributed by atoms with Gasteiger partial charge >= 0.3 is 0 Å². The highest BCUT2D eigenvalue weighted by Crippen LogP contribution is 2.24. The Hall–Kier alpha value is -2.30. The Kier molecular flexibility index (Phi) is 5.41. The van der Waals surface area contributed by atoms with E-state index >= 15 is 0 Å². The number of amides is 1. The van der Waals surface area contributed by atoms with E-state index in [1.165, 1.54) is 18.2 Å². The fourth-order valence-corrected chi connectivity index (χ4v) is 3.43. The molecule has 5 heteroatoms. The number of carbonyl (C=O) groups excluding carboxylic acids is 1. The van der Waals surface area contributed by atoms with Crippen LogP contribution in [-0.4, -0.2) is 28.9 Å². The van der Waals surface area contributed by atoms with E-state index in [1.807, 2.05) is 24.0 Å². The third-order valence-corrected chi connectivity index (χ3v) is 4.78. The summed E-state index contributed by atoms with van der Waals surface area (Å²) >= 11 is 0. The van der Waals surface area contributed by atoms with Crippen LogP contribution in [-0.2, 0) is 6.42 Å². The first-order valence-electron chi connectivity index (χ1n) is 8.70. The largest absolute Gasteiger partial charge is 0.337 e. The molecular weight excluding hydrogens is 322 g/mol. The van der Waals surface area contributed by atoms with Crippen LogP contribution in [0.4, 0.5) is 8.78 Å². The van der Waals surface area contributed by atoms with Crippen molar-refractivity contribution in [2.75, 3.05) is 13.1 Å². The maximum Gasteiger partial charge on any atom is 0.272 e. The number of piperidine rings is 1. The van der Waals surface area contributed by atoms with Crippen LogP contribution in [0.3, 0.4) is 0 Å². The van der Waals surface area contributed by atoms with Crippen LogP contribution in [0.25, 0.3) is 0 Å². The molecule has 1 fully saturated rings. The number of likely N-dealkylation sites (tertiary alicyclic amines) is 1. The maximum absolute atomic E-state index is 13.8. The Balaban J connectivity index is 1.62. The summed E-state index contributed by atoms with van der Waals surface area (Å²) in [6, 6.07) is 9.38. The topological polar surface area (TPSA) is 33.2 Å². The van der Waals surface area contributed by atoms with Gasteiger partial charge in [0.1, 0.15) is 17.3 Å². The molecule has 1 saturated heterocycles. The first-order chi connectivity index (χ1) is 12.0. The third-order valence-electron chi connectivity index (χ3n) is 4.78. The lowest BCUT2D eigenvalue weighted by Crippen LogP contribution is -2.40. The second kappa shape index (κ2) is 7.72. The highest BCUT2D eigenvalue weighted by atomic mass is 19.1. The molecule has 2 aromatic rings. The van der Waals surface area contributed by atoms with Gasteiger partial charge in [-0.05, 0) is 62.8 Å². The maximum atomic E-state index is 13.8. The predicted octanol–water partition coefficient (Wildman–Crippen LogP) is 4.15. The lowest BCUT2D eigenvalue weighted by Gasteiger charge is -2.32. The highest BCUT2D eigenvalue weighted by Gasteiger charge is 2.25. The molecule has 0 bridgehead atoms. The third kappa shape index (κ3) is 4.21. The number of rotatable bonds is 4. The molecule has 0 saturated carbocycles. The van der Waals surface area contributed by atoms with Gasteiger partial charge in [-0.1, -0.05) is 12.1 Å². The van der Waals surface area contributed by atoms with E-state index in [-0.39, 0.29) is 17.4 Å². The van der Waals surface area contributed by atoms with Gasteiger partial charge in [0.15, 0.2) is 0 Å². The molecule has 1 atom stereocenters. The molecule has 1 amide bonds. The summed E-state index contributed by atoms with van der Waals surface area (Å²) in [4.78, 5) is 18.7. The van der Waals surface area contributed by atoms with Gasteiger partial charge in [0, 0.05) is 24.3 Å². The van der Waals surface area contributed by atoms with E-state index in [1.54, 1.807) is 6.07 Å². The van der Waals surface area contributed by atoms with Crippen molar-refractivity contribution in [3.63, 3.8) is 0 Å². The number of hydrogen-bond donors (Lipinski definition) is 0. The molecule has 1 aromatic carbocycles. The quantitative estimate of drug-likeness (QED) is 0.835. The monoisotopic (exact) mass is 344 g/mol. The van der Waals surface area contributed by atoms with Crippen LogP contribution >= 0.6 is 0 Å². The highest BCUT2D eigenvalue weighted by molar-refractivity contribution is 5.92. The molecule has 2 heterocycles. The molecule has 132 valence electrons. The van der Waals surface area contributed by atoms with Crippen molar-refractivity contribution in [2.45, 2.75) is 32.6 Å². The molecule has 3 nitrogen and oxygen atoms in total. The van der Waals surface area contributed by atoms with Gasteiger partial charge in [0.25, 0.3) is 5.91 Å². The van der Waals surface area contributed by atoms with Crippen LogP contribution in [0.2, 0.25) is 0 Å². The molecule has 0 spiro atoms. The van der Waals surface area contributed by atoms with Crippen LogP contribution in [0.15, 0.2) is 36.4 Å². The minimum atomic E-state index is -0.493. The fraction of sp³-hybridized carbons (Fsp3) is 0.400. The van der Waals surface area contributed by atoms with Crippen molar-refractivity contribution < 1.29 is 13.6 Å². The summed E-state index contributed by atoms with van der Waals surface area (Å²) in [7, 11) is 0. The van der Waals surface area contributed by atoms with E-state index < -0.39 is 11.6 Å². The number of halogens is 2. The summed E-state index contributed by atoms with van der Waals surface area (Å²) in [5.74, 6) is -0.799. The number of aromatic nitrogens is 1. The zero-order valence-electron chi connectivity index (χ0n) is 14.3.